The van der Waals surface area contributed by atoms with Crippen LogP contribution in [0, 0.1) is 0 Å². The molecule has 7 heteroatoms. The van der Waals surface area contributed by atoms with Gasteiger partial charge in [-0.2, -0.15) is 5.10 Å². The number of carboxylic acid groups (broad SMARTS) is 1. The monoisotopic (exact) mass is 301 g/mol. The fraction of sp³-hybridized carbons (Fsp3) is 0.267. The first-order valence-corrected chi connectivity index (χ1v) is 6.92. The third-order valence-corrected chi connectivity index (χ3v) is 3.59. The van der Waals surface area contributed by atoms with E-state index in [0.717, 1.165) is 5.69 Å². The molecule has 1 saturated heterocycles. The van der Waals surface area contributed by atoms with Gasteiger partial charge in [-0.15, -0.1) is 0 Å². The highest BCUT2D eigenvalue weighted by Gasteiger charge is 2.50. The van der Waals surface area contributed by atoms with E-state index >= 15 is 0 Å². The van der Waals surface area contributed by atoms with E-state index in [1.807, 2.05) is 30.3 Å². The molecule has 1 amide bonds. The summed E-state index contributed by atoms with van der Waals surface area (Å²) >= 11 is 0. The number of nitrogens with one attached hydrogen (secondary N) is 1. The molecule has 0 aliphatic carbocycles. The summed E-state index contributed by atoms with van der Waals surface area (Å²) in [6, 6.07) is 11.0. The number of para-hydroxylation sites is 1. The van der Waals surface area contributed by atoms with E-state index in [0.29, 0.717) is 6.42 Å². The van der Waals surface area contributed by atoms with Gasteiger partial charge in [-0.05, 0) is 25.0 Å². The maximum Gasteiger partial charge on any atom is 0.345 e. The number of aliphatic carboxylic acids is 1. The summed E-state index contributed by atoms with van der Waals surface area (Å²) in [6.45, 7) is 0.262. The van der Waals surface area contributed by atoms with Crippen molar-refractivity contribution in [2.75, 3.05) is 11.9 Å². The third-order valence-electron chi connectivity index (χ3n) is 3.59. The SMILES string of the molecule is O=C(O)C1(C(=O)Nc2ccn(-c3ccccc3)n2)CCCO1. The lowest BCUT2D eigenvalue weighted by atomic mass is 9.99. The molecule has 22 heavy (non-hydrogen) atoms. The Labute approximate surface area is 126 Å². The molecule has 7 nitrogen and oxygen atoms in total. The van der Waals surface area contributed by atoms with E-state index in [2.05, 4.69) is 10.4 Å². The first kappa shape index (κ1) is 14.3. The van der Waals surface area contributed by atoms with Gasteiger partial charge in [0.15, 0.2) is 5.82 Å². The second kappa shape index (κ2) is 5.61. The molecule has 1 unspecified atom stereocenters. The Balaban J connectivity index is 1.78. The van der Waals surface area contributed by atoms with Crippen LogP contribution < -0.4 is 5.32 Å². The van der Waals surface area contributed by atoms with Crippen LogP contribution in [0.1, 0.15) is 12.8 Å². The lowest BCUT2D eigenvalue weighted by molar-refractivity contribution is -0.165. The van der Waals surface area contributed by atoms with E-state index in [4.69, 9.17) is 4.74 Å². The number of ether oxygens (including phenoxy) is 1. The average molecular weight is 301 g/mol. The molecule has 0 bridgehead atoms. The summed E-state index contributed by atoms with van der Waals surface area (Å²) in [7, 11) is 0. The number of carbonyl (C=O) groups is 2. The second-order valence-corrected chi connectivity index (χ2v) is 5.02. The molecule has 1 aromatic heterocycles. The van der Waals surface area contributed by atoms with Crippen LogP contribution in [0.3, 0.4) is 0 Å². The number of carboxylic acids is 1. The Kier molecular flexibility index (Phi) is 3.64. The van der Waals surface area contributed by atoms with Crippen LogP contribution >= 0.6 is 0 Å². The number of amides is 1. The second-order valence-electron chi connectivity index (χ2n) is 5.02. The molecule has 1 aliphatic heterocycles. The van der Waals surface area contributed by atoms with Crippen LogP contribution in [0.25, 0.3) is 5.69 Å². The molecular formula is C15H15N3O4. The van der Waals surface area contributed by atoms with E-state index < -0.39 is 17.5 Å². The summed E-state index contributed by atoms with van der Waals surface area (Å²) in [5.74, 6) is -1.69. The fourth-order valence-corrected chi connectivity index (χ4v) is 2.42. The van der Waals surface area contributed by atoms with E-state index in [-0.39, 0.29) is 18.8 Å². The topological polar surface area (TPSA) is 93.4 Å². The maximum absolute atomic E-state index is 12.3. The number of nitrogens with zero attached hydrogens (tertiary/aromatic N) is 2. The highest BCUT2D eigenvalue weighted by Crippen LogP contribution is 2.27. The zero-order valence-electron chi connectivity index (χ0n) is 11.7. The normalized spacial score (nSPS) is 20.7. The first-order chi connectivity index (χ1) is 10.6. The number of hydrogen-bond acceptors (Lipinski definition) is 4. The van der Waals surface area contributed by atoms with Crippen LogP contribution in [0.2, 0.25) is 0 Å². The minimum atomic E-state index is -1.81. The molecule has 2 aromatic rings. The molecule has 2 N–H and O–H groups in total. The molecule has 0 saturated carbocycles. The van der Waals surface area contributed by atoms with Crippen LogP contribution in [-0.4, -0.2) is 39.0 Å². The van der Waals surface area contributed by atoms with Gasteiger partial charge in [-0.3, -0.25) is 4.79 Å². The molecule has 114 valence electrons. The summed E-state index contributed by atoms with van der Waals surface area (Å²) in [4.78, 5) is 23.6. The third kappa shape index (κ3) is 2.46. The Morgan fingerprint density at radius 3 is 2.68 bits per heavy atom. The molecule has 1 aliphatic rings. The van der Waals surface area contributed by atoms with E-state index in [1.54, 1.807) is 16.9 Å². The van der Waals surface area contributed by atoms with E-state index in [1.165, 1.54) is 0 Å². The molecule has 2 heterocycles. The number of aromatic nitrogens is 2. The van der Waals surface area contributed by atoms with Gasteiger partial charge in [-0.25, -0.2) is 9.48 Å². The minimum Gasteiger partial charge on any atom is -0.479 e. The summed E-state index contributed by atoms with van der Waals surface area (Å²) in [5, 5.41) is 16.0. The van der Waals surface area contributed by atoms with Crippen molar-refractivity contribution in [3.05, 3.63) is 42.6 Å². The van der Waals surface area contributed by atoms with Crippen LogP contribution in [0.4, 0.5) is 5.82 Å². The van der Waals surface area contributed by atoms with E-state index in [9.17, 15) is 14.7 Å². The number of anilines is 1. The van der Waals surface area contributed by atoms with Gasteiger partial charge in [0.1, 0.15) is 0 Å². The van der Waals surface area contributed by atoms with Crippen molar-refractivity contribution < 1.29 is 19.4 Å². The minimum absolute atomic E-state index is 0.160. The standard InChI is InChI=1S/C15H15N3O4/c19-13(15(14(20)21)8-4-10-22-15)16-12-7-9-18(17-12)11-5-2-1-3-6-11/h1-3,5-7,9H,4,8,10H2,(H,20,21)(H,16,17,19). The molecule has 1 fully saturated rings. The van der Waals surface area contributed by atoms with Gasteiger partial charge in [-0.1, -0.05) is 18.2 Å². The Hall–Kier alpha value is -2.67. The molecule has 3 rings (SSSR count). The van der Waals surface area contributed by atoms with Gasteiger partial charge in [0, 0.05) is 18.9 Å². The largest absolute Gasteiger partial charge is 0.479 e. The maximum atomic E-state index is 12.3. The lowest BCUT2D eigenvalue weighted by Crippen LogP contribution is -2.49. The van der Waals surface area contributed by atoms with Gasteiger partial charge < -0.3 is 15.2 Å². The van der Waals surface area contributed by atoms with Crippen molar-refractivity contribution in [2.24, 2.45) is 0 Å². The van der Waals surface area contributed by atoms with Gasteiger partial charge in [0.25, 0.3) is 5.91 Å². The molecule has 0 radical (unpaired) electrons. The van der Waals surface area contributed by atoms with Crippen molar-refractivity contribution in [3.63, 3.8) is 0 Å². The highest BCUT2D eigenvalue weighted by molar-refractivity contribution is 6.11. The number of hydrogen-bond donors (Lipinski definition) is 2. The van der Waals surface area contributed by atoms with Crippen molar-refractivity contribution in [1.82, 2.24) is 9.78 Å². The average Bonchev–Trinajstić information content (AvgIpc) is 3.18. The van der Waals surface area contributed by atoms with Crippen molar-refractivity contribution >= 4 is 17.7 Å². The Bertz CT molecular complexity index is 690. The molecular weight excluding hydrogens is 286 g/mol. The molecule has 1 aromatic carbocycles. The molecule has 1 atom stereocenters. The zero-order chi connectivity index (χ0) is 15.6. The Morgan fingerprint density at radius 2 is 2.05 bits per heavy atom. The summed E-state index contributed by atoms with van der Waals surface area (Å²) in [6.07, 6.45) is 2.39. The molecule has 0 spiro atoms. The lowest BCUT2D eigenvalue weighted by Gasteiger charge is -2.21. The van der Waals surface area contributed by atoms with Crippen LogP contribution in [0.15, 0.2) is 42.6 Å². The van der Waals surface area contributed by atoms with Gasteiger partial charge >= 0.3 is 5.97 Å². The first-order valence-electron chi connectivity index (χ1n) is 6.92. The summed E-state index contributed by atoms with van der Waals surface area (Å²) < 4.78 is 6.78. The quantitative estimate of drug-likeness (QED) is 0.834. The predicted octanol–water partition coefficient (Wildman–Crippen LogP) is 1.44. The summed E-state index contributed by atoms with van der Waals surface area (Å²) in [5.41, 5.74) is -0.968. The highest BCUT2D eigenvalue weighted by atomic mass is 16.5. The van der Waals surface area contributed by atoms with Crippen molar-refractivity contribution in [2.45, 2.75) is 18.4 Å². The number of rotatable bonds is 4. The van der Waals surface area contributed by atoms with Crippen LogP contribution in [-0.2, 0) is 14.3 Å². The van der Waals surface area contributed by atoms with Gasteiger partial charge in [0.05, 0.1) is 5.69 Å². The zero-order valence-corrected chi connectivity index (χ0v) is 11.7. The smallest absolute Gasteiger partial charge is 0.345 e. The Morgan fingerprint density at radius 1 is 1.27 bits per heavy atom. The van der Waals surface area contributed by atoms with Crippen molar-refractivity contribution in [1.29, 1.82) is 0 Å². The van der Waals surface area contributed by atoms with Crippen LogP contribution in [0.5, 0.6) is 0 Å². The van der Waals surface area contributed by atoms with Gasteiger partial charge in [0.2, 0.25) is 5.60 Å². The number of carbonyl (C=O) groups excluding carboxylic acids is 1. The number of benzene rings is 1. The predicted molar refractivity (Wildman–Crippen MR) is 77.7 cm³/mol. The van der Waals surface area contributed by atoms with Crippen molar-refractivity contribution in [3.8, 4) is 5.69 Å². The fourth-order valence-electron chi connectivity index (χ4n) is 2.42.